The summed E-state index contributed by atoms with van der Waals surface area (Å²) < 4.78 is 1.34. The Bertz CT molecular complexity index is 457. The van der Waals surface area contributed by atoms with Crippen LogP contribution in [0.15, 0.2) is 17.5 Å². The molecule has 0 saturated heterocycles. The van der Waals surface area contributed by atoms with E-state index in [1.54, 1.807) is 11.3 Å². The maximum Gasteiger partial charge on any atom is 0.0690 e. The van der Waals surface area contributed by atoms with Crippen LogP contribution in [-0.4, -0.2) is 5.11 Å². The van der Waals surface area contributed by atoms with E-state index in [1.165, 1.54) is 21.2 Å². The zero-order chi connectivity index (χ0) is 10.1. The van der Waals surface area contributed by atoms with Crippen molar-refractivity contribution in [2.45, 2.75) is 26.9 Å². The molecule has 2 rings (SSSR count). The van der Waals surface area contributed by atoms with Crippen molar-refractivity contribution < 1.29 is 5.11 Å². The van der Waals surface area contributed by atoms with E-state index in [2.05, 4.69) is 31.4 Å². The largest absolute Gasteiger partial charge is 0.392 e. The molecular weight excluding hydrogens is 192 g/mol. The van der Waals surface area contributed by atoms with Gasteiger partial charge in [0.1, 0.15) is 0 Å². The Hall–Kier alpha value is -0.860. The molecule has 0 saturated carbocycles. The molecule has 0 amide bonds. The van der Waals surface area contributed by atoms with E-state index in [0.29, 0.717) is 0 Å². The topological polar surface area (TPSA) is 20.2 Å². The molecule has 0 bridgehead atoms. The molecule has 0 aliphatic carbocycles. The van der Waals surface area contributed by atoms with E-state index in [-0.39, 0.29) is 6.61 Å². The number of hydrogen-bond acceptors (Lipinski definition) is 2. The summed E-state index contributed by atoms with van der Waals surface area (Å²) >= 11 is 1.77. The molecule has 1 aromatic heterocycles. The summed E-state index contributed by atoms with van der Waals surface area (Å²) in [7, 11) is 0. The molecule has 1 nitrogen and oxygen atoms in total. The van der Waals surface area contributed by atoms with Crippen LogP contribution in [0.3, 0.4) is 0 Å². The number of thiophene rings is 1. The lowest BCUT2D eigenvalue weighted by atomic mass is 10.0. The van der Waals surface area contributed by atoms with E-state index in [0.717, 1.165) is 12.0 Å². The van der Waals surface area contributed by atoms with Crippen LogP contribution in [0, 0.1) is 6.92 Å². The first-order valence-corrected chi connectivity index (χ1v) is 5.75. The second kappa shape index (κ2) is 3.71. The molecule has 2 heteroatoms. The highest BCUT2D eigenvalue weighted by Crippen LogP contribution is 2.30. The standard InChI is InChI=1S/C12H14OS/c1-3-9-6-8(2)11(7-13)10-4-5-14-12(9)10/h4-6,13H,3,7H2,1-2H3. The molecule has 0 atom stereocenters. The Morgan fingerprint density at radius 1 is 1.43 bits per heavy atom. The molecular formula is C12H14OS. The van der Waals surface area contributed by atoms with Crippen molar-refractivity contribution in [1.29, 1.82) is 0 Å². The molecule has 1 heterocycles. The molecule has 74 valence electrons. The Morgan fingerprint density at radius 2 is 2.21 bits per heavy atom. The third kappa shape index (κ3) is 1.35. The van der Waals surface area contributed by atoms with Crippen LogP contribution in [0.2, 0.25) is 0 Å². The second-order valence-electron chi connectivity index (χ2n) is 3.51. The van der Waals surface area contributed by atoms with Gasteiger partial charge in [-0.05, 0) is 46.9 Å². The van der Waals surface area contributed by atoms with Gasteiger partial charge in [0.15, 0.2) is 0 Å². The molecule has 0 spiro atoms. The van der Waals surface area contributed by atoms with Gasteiger partial charge < -0.3 is 5.11 Å². The number of aliphatic hydroxyl groups excluding tert-OH is 1. The second-order valence-corrected chi connectivity index (χ2v) is 4.42. The predicted octanol–water partition coefficient (Wildman–Crippen LogP) is 3.26. The van der Waals surface area contributed by atoms with Gasteiger partial charge >= 0.3 is 0 Å². The quantitative estimate of drug-likeness (QED) is 0.799. The zero-order valence-corrected chi connectivity index (χ0v) is 9.32. The van der Waals surface area contributed by atoms with E-state index in [9.17, 15) is 5.11 Å². The van der Waals surface area contributed by atoms with Crippen LogP contribution in [0.25, 0.3) is 10.1 Å². The van der Waals surface area contributed by atoms with E-state index >= 15 is 0 Å². The van der Waals surface area contributed by atoms with Gasteiger partial charge in [-0.1, -0.05) is 13.0 Å². The first kappa shape index (κ1) is 9.69. The average Bonchev–Trinajstić information content (AvgIpc) is 2.65. The van der Waals surface area contributed by atoms with Crippen LogP contribution >= 0.6 is 11.3 Å². The van der Waals surface area contributed by atoms with Crippen molar-refractivity contribution in [2.24, 2.45) is 0 Å². The van der Waals surface area contributed by atoms with Crippen LogP contribution in [0.5, 0.6) is 0 Å². The van der Waals surface area contributed by atoms with Crippen LogP contribution < -0.4 is 0 Å². The lowest BCUT2D eigenvalue weighted by Crippen LogP contribution is -1.92. The Balaban J connectivity index is 2.81. The van der Waals surface area contributed by atoms with E-state index < -0.39 is 0 Å². The highest BCUT2D eigenvalue weighted by Gasteiger charge is 2.08. The summed E-state index contributed by atoms with van der Waals surface area (Å²) in [6.07, 6.45) is 1.06. The summed E-state index contributed by atoms with van der Waals surface area (Å²) in [6, 6.07) is 4.31. The molecule has 0 fully saturated rings. The summed E-state index contributed by atoms with van der Waals surface area (Å²) in [5.74, 6) is 0. The van der Waals surface area contributed by atoms with Gasteiger partial charge in [-0.2, -0.15) is 0 Å². The van der Waals surface area contributed by atoms with E-state index in [1.807, 2.05) is 0 Å². The number of rotatable bonds is 2. The minimum Gasteiger partial charge on any atom is -0.392 e. The molecule has 1 aromatic carbocycles. The van der Waals surface area contributed by atoms with Gasteiger partial charge in [-0.3, -0.25) is 0 Å². The fourth-order valence-electron chi connectivity index (χ4n) is 1.89. The number of aryl methyl sites for hydroxylation is 2. The van der Waals surface area contributed by atoms with Crippen LogP contribution in [0.1, 0.15) is 23.6 Å². The third-order valence-electron chi connectivity index (χ3n) is 2.69. The zero-order valence-electron chi connectivity index (χ0n) is 8.50. The van der Waals surface area contributed by atoms with Crippen molar-refractivity contribution >= 4 is 21.4 Å². The third-order valence-corrected chi connectivity index (χ3v) is 3.68. The molecule has 0 radical (unpaired) electrons. The predicted molar refractivity (Wildman–Crippen MR) is 61.9 cm³/mol. The van der Waals surface area contributed by atoms with Gasteiger partial charge in [0, 0.05) is 4.70 Å². The lowest BCUT2D eigenvalue weighted by molar-refractivity contribution is 0.282. The van der Waals surface area contributed by atoms with Crippen LogP contribution in [0.4, 0.5) is 0 Å². The Morgan fingerprint density at radius 3 is 2.86 bits per heavy atom. The van der Waals surface area contributed by atoms with Crippen LogP contribution in [-0.2, 0) is 13.0 Å². The minimum atomic E-state index is 0.142. The normalized spacial score (nSPS) is 11.1. The van der Waals surface area contributed by atoms with Crippen molar-refractivity contribution in [3.8, 4) is 0 Å². The summed E-state index contributed by atoms with van der Waals surface area (Å²) in [4.78, 5) is 0. The molecule has 0 aliphatic heterocycles. The lowest BCUT2D eigenvalue weighted by Gasteiger charge is -2.08. The first-order valence-electron chi connectivity index (χ1n) is 4.87. The highest BCUT2D eigenvalue weighted by molar-refractivity contribution is 7.17. The van der Waals surface area contributed by atoms with Gasteiger partial charge in [-0.25, -0.2) is 0 Å². The number of aliphatic hydroxyl groups is 1. The van der Waals surface area contributed by atoms with Crippen molar-refractivity contribution in [2.75, 3.05) is 0 Å². The number of benzene rings is 1. The SMILES string of the molecule is CCc1cc(C)c(CO)c2ccsc12. The molecule has 0 unspecified atom stereocenters. The molecule has 14 heavy (non-hydrogen) atoms. The smallest absolute Gasteiger partial charge is 0.0690 e. The number of hydrogen-bond donors (Lipinski definition) is 1. The van der Waals surface area contributed by atoms with Gasteiger partial charge in [0.05, 0.1) is 6.61 Å². The van der Waals surface area contributed by atoms with Gasteiger partial charge in [-0.15, -0.1) is 11.3 Å². The van der Waals surface area contributed by atoms with Crippen molar-refractivity contribution in [3.05, 3.63) is 34.2 Å². The highest BCUT2D eigenvalue weighted by atomic mass is 32.1. The van der Waals surface area contributed by atoms with Crippen molar-refractivity contribution in [3.63, 3.8) is 0 Å². The molecule has 1 N–H and O–H groups in total. The molecule has 0 aliphatic rings. The van der Waals surface area contributed by atoms with Crippen molar-refractivity contribution in [1.82, 2.24) is 0 Å². The molecule has 2 aromatic rings. The fraction of sp³-hybridized carbons (Fsp3) is 0.333. The summed E-state index contributed by atoms with van der Waals surface area (Å²) in [5, 5.41) is 12.6. The van der Waals surface area contributed by atoms with Gasteiger partial charge in [0.25, 0.3) is 0 Å². The van der Waals surface area contributed by atoms with Gasteiger partial charge in [0.2, 0.25) is 0 Å². The summed E-state index contributed by atoms with van der Waals surface area (Å²) in [5.41, 5.74) is 3.68. The number of fused-ring (bicyclic) bond motifs is 1. The fourth-order valence-corrected chi connectivity index (χ4v) is 2.91. The maximum absolute atomic E-state index is 9.30. The maximum atomic E-state index is 9.30. The first-order chi connectivity index (χ1) is 6.77. The van der Waals surface area contributed by atoms with E-state index in [4.69, 9.17) is 0 Å². The average molecular weight is 206 g/mol. The summed E-state index contributed by atoms with van der Waals surface area (Å²) in [6.45, 7) is 4.39. The Labute approximate surface area is 88.0 Å². The Kier molecular flexibility index (Phi) is 2.57. The monoisotopic (exact) mass is 206 g/mol. The minimum absolute atomic E-state index is 0.142.